The third kappa shape index (κ3) is 3.23. The number of rotatable bonds is 3. The third-order valence-electron chi connectivity index (χ3n) is 2.68. The average Bonchev–Trinajstić information content (AvgIpc) is 2.37. The molecule has 106 valence electrons. The van der Waals surface area contributed by atoms with Gasteiger partial charge in [0.1, 0.15) is 0 Å². The van der Waals surface area contributed by atoms with E-state index in [1.807, 2.05) is 0 Å². The molecule has 4 N–H and O–H groups in total. The number of benzene rings is 2. The summed E-state index contributed by atoms with van der Waals surface area (Å²) in [6.45, 7) is 0. The first-order chi connectivity index (χ1) is 9.18. The van der Waals surface area contributed by atoms with E-state index in [-0.39, 0.29) is 9.79 Å². The van der Waals surface area contributed by atoms with Gasteiger partial charge in [-0.15, -0.1) is 0 Å². The number of hydrogen-bond donors (Lipinski definition) is 2. The molecule has 0 unspecified atom stereocenters. The quantitative estimate of drug-likeness (QED) is 0.864. The van der Waals surface area contributed by atoms with E-state index in [1.54, 1.807) is 24.3 Å². The highest BCUT2D eigenvalue weighted by molar-refractivity contribution is 7.89. The molecule has 8 heteroatoms. The molecule has 0 aliphatic carbocycles. The average molecular weight is 312 g/mol. The molecule has 0 aliphatic rings. The SMILES string of the molecule is NS(=O)(=O)c1ccc(-c2cccc(S(N)(=O)=O)c2)cc1. The molecule has 0 saturated heterocycles. The van der Waals surface area contributed by atoms with Crippen LogP contribution in [0, 0.1) is 0 Å². The van der Waals surface area contributed by atoms with Crippen LogP contribution in [0.2, 0.25) is 0 Å². The van der Waals surface area contributed by atoms with Crippen molar-refractivity contribution in [2.75, 3.05) is 0 Å². The summed E-state index contributed by atoms with van der Waals surface area (Å²) in [6, 6.07) is 11.9. The molecule has 6 nitrogen and oxygen atoms in total. The first kappa shape index (κ1) is 14.7. The van der Waals surface area contributed by atoms with Crippen LogP contribution in [0.3, 0.4) is 0 Å². The molecule has 0 aromatic heterocycles. The van der Waals surface area contributed by atoms with Gasteiger partial charge >= 0.3 is 0 Å². The maximum absolute atomic E-state index is 11.3. The molecular formula is C12H12N2O4S2. The Balaban J connectivity index is 2.48. The molecule has 0 bridgehead atoms. The van der Waals surface area contributed by atoms with E-state index < -0.39 is 20.0 Å². The minimum Gasteiger partial charge on any atom is -0.225 e. The topological polar surface area (TPSA) is 120 Å². The monoisotopic (exact) mass is 312 g/mol. The highest BCUT2D eigenvalue weighted by Crippen LogP contribution is 2.23. The van der Waals surface area contributed by atoms with Crippen LogP contribution in [0.5, 0.6) is 0 Å². The van der Waals surface area contributed by atoms with Crippen molar-refractivity contribution in [3.05, 3.63) is 48.5 Å². The fourth-order valence-corrected chi connectivity index (χ4v) is 2.76. The largest absolute Gasteiger partial charge is 0.238 e. The molecule has 20 heavy (non-hydrogen) atoms. The van der Waals surface area contributed by atoms with Gasteiger partial charge in [-0.2, -0.15) is 0 Å². The first-order valence-electron chi connectivity index (χ1n) is 5.44. The normalized spacial score (nSPS) is 12.3. The molecule has 0 radical (unpaired) electrons. The molecule has 0 aliphatic heterocycles. The van der Waals surface area contributed by atoms with Crippen molar-refractivity contribution < 1.29 is 16.8 Å². The Kier molecular flexibility index (Phi) is 3.65. The lowest BCUT2D eigenvalue weighted by atomic mass is 10.1. The van der Waals surface area contributed by atoms with Gasteiger partial charge < -0.3 is 0 Å². The molecule has 2 aromatic rings. The lowest BCUT2D eigenvalue weighted by molar-refractivity contribution is 0.596. The maximum Gasteiger partial charge on any atom is 0.238 e. The predicted octanol–water partition coefficient (Wildman–Crippen LogP) is 0.648. The van der Waals surface area contributed by atoms with Crippen LogP contribution in [0.1, 0.15) is 0 Å². The summed E-state index contributed by atoms with van der Waals surface area (Å²) in [6.07, 6.45) is 0. The molecule has 0 heterocycles. The molecule has 0 atom stereocenters. The molecule has 0 amide bonds. The summed E-state index contributed by atoms with van der Waals surface area (Å²) >= 11 is 0. The van der Waals surface area contributed by atoms with E-state index in [4.69, 9.17) is 10.3 Å². The van der Waals surface area contributed by atoms with Gasteiger partial charge in [-0.25, -0.2) is 27.1 Å². The second-order valence-electron chi connectivity index (χ2n) is 4.14. The minimum atomic E-state index is -3.78. The molecule has 2 rings (SSSR count). The number of primary sulfonamides is 2. The van der Waals surface area contributed by atoms with Gasteiger partial charge in [0, 0.05) is 0 Å². The summed E-state index contributed by atoms with van der Waals surface area (Å²) in [7, 11) is -7.53. The Bertz CT molecular complexity index is 841. The molecule has 0 saturated carbocycles. The zero-order valence-corrected chi connectivity index (χ0v) is 11.9. The molecule has 0 spiro atoms. The van der Waals surface area contributed by atoms with Crippen molar-refractivity contribution >= 4 is 20.0 Å². The van der Waals surface area contributed by atoms with Crippen molar-refractivity contribution in [1.29, 1.82) is 0 Å². The highest BCUT2D eigenvalue weighted by Gasteiger charge is 2.10. The summed E-state index contributed by atoms with van der Waals surface area (Å²) < 4.78 is 44.9. The van der Waals surface area contributed by atoms with Crippen molar-refractivity contribution in [1.82, 2.24) is 0 Å². The van der Waals surface area contributed by atoms with E-state index in [1.165, 1.54) is 24.3 Å². The van der Waals surface area contributed by atoms with Crippen LogP contribution in [0.4, 0.5) is 0 Å². The third-order valence-corrected chi connectivity index (χ3v) is 4.52. The summed E-state index contributed by atoms with van der Waals surface area (Å²) in [5.74, 6) is 0. The van der Waals surface area contributed by atoms with Gasteiger partial charge in [0.05, 0.1) is 9.79 Å². The van der Waals surface area contributed by atoms with Gasteiger partial charge in [0.25, 0.3) is 0 Å². The van der Waals surface area contributed by atoms with Gasteiger partial charge in [0.15, 0.2) is 0 Å². The fourth-order valence-electron chi connectivity index (χ4n) is 1.69. The Hall–Kier alpha value is -1.74. The van der Waals surface area contributed by atoms with Crippen LogP contribution >= 0.6 is 0 Å². The predicted molar refractivity (Wildman–Crippen MR) is 74.6 cm³/mol. The second-order valence-corrected chi connectivity index (χ2v) is 7.27. The Morgan fingerprint density at radius 2 is 1.20 bits per heavy atom. The molecular weight excluding hydrogens is 300 g/mol. The summed E-state index contributed by atoms with van der Waals surface area (Å²) in [5.41, 5.74) is 1.26. The van der Waals surface area contributed by atoms with Crippen LogP contribution < -0.4 is 10.3 Å². The van der Waals surface area contributed by atoms with Crippen LogP contribution in [-0.2, 0) is 20.0 Å². The van der Waals surface area contributed by atoms with Crippen molar-refractivity contribution in [3.8, 4) is 11.1 Å². The molecule has 2 aromatic carbocycles. The van der Waals surface area contributed by atoms with E-state index in [9.17, 15) is 16.8 Å². The first-order valence-corrected chi connectivity index (χ1v) is 8.53. The van der Waals surface area contributed by atoms with Gasteiger partial charge in [-0.1, -0.05) is 24.3 Å². The number of sulfonamides is 2. The Morgan fingerprint density at radius 1 is 0.650 bits per heavy atom. The minimum absolute atomic E-state index is 0.00878. The van der Waals surface area contributed by atoms with E-state index in [0.29, 0.717) is 11.1 Å². The summed E-state index contributed by atoms with van der Waals surface area (Å²) in [4.78, 5) is -0.0191. The zero-order valence-electron chi connectivity index (χ0n) is 10.2. The summed E-state index contributed by atoms with van der Waals surface area (Å²) in [5, 5.41) is 10.1. The number of nitrogens with two attached hydrogens (primary N) is 2. The van der Waals surface area contributed by atoms with Gasteiger partial charge in [0.2, 0.25) is 20.0 Å². The standard InChI is InChI=1S/C12H12N2O4S2/c13-19(15,16)11-6-4-9(5-7-11)10-2-1-3-12(8-10)20(14,17)18/h1-8H,(H2,13,15,16)(H2,14,17,18). The lowest BCUT2D eigenvalue weighted by Crippen LogP contribution is -2.12. The van der Waals surface area contributed by atoms with E-state index in [0.717, 1.165) is 0 Å². The van der Waals surface area contributed by atoms with Gasteiger partial charge in [-0.3, -0.25) is 0 Å². The highest BCUT2D eigenvalue weighted by atomic mass is 32.2. The molecule has 0 fully saturated rings. The van der Waals surface area contributed by atoms with E-state index in [2.05, 4.69) is 0 Å². The van der Waals surface area contributed by atoms with Crippen molar-refractivity contribution in [2.45, 2.75) is 9.79 Å². The van der Waals surface area contributed by atoms with E-state index >= 15 is 0 Å². The smallest absolute Gasteiger partial charge is 0.225 e. The second kappa shape index (κ2) is 4.98. The number of hydrogen-bond acceptors (Lipinski definition) is 4. The Labute approximate surface area is 117 Å². The van der Waals surface area contributed by atoms with Gasteiger partial charge in [-0.05, 0) is 35.4 Å². The Morgan fingerprint density at radius 3 is 1.70 bits per heavy atom. The fraction of sp³-hybridized carbons (Fsp3) is 0. The zero-order chi connectivity index (χ0) is 15.0. The van der Waals surface area contributed by atoms with Crippen molar-refractivity contribution in [3.63, 3.8) is 0 Å². The van der Waals surface area contributed by atoms with Crippen molar-refractivity contribution in [2.24, 2.45) is 10.3 Å². The maximum atomic E-state index is 11.3. The van der Waals surface area contributed by atoms with Crippen LogP contribution in [0.15, 0.2) is 58.3 Å². The van der Waals surface area contributed by atoms with Crippen LogP contribution in [-0.4, -0.2) is 16.8 Å². The van der Waals surface area contributed by atoms with Crippen LogP contribution in [0.25, 0.3) is 11.1 Å². The lowest BCUT2D eigenvalue weighted by Gasteiger charge is -2.05.